The number of aryl methyl sites for hydroxylation is 3. The maximum absolute atomic E-state index is 11.0. The van der Waals surface area contributed by atoms with E-state index >= 15 is 0 Å². The molecular formula is C9H10N4O2. The molecule has 0 aliphatic rings. The van der Waals surface area contributed by atoms with E-state index in [4.69, 9.17) is 5.11 Å². The van der Waals surface area contributed by atoms with Crippen molar-refractivity contribution >= 4 is 11.7 Å². The third-order valence-corrected chi connectivity index (χ3v) is 2.22. The summed E-state index contributed by atoms with van der Waals surface area (Å²) in [5, 5.41) is 13.1. The zero-order valence-electron chi connectivity index (χ0n) is 8.64. The summed E-state index contributed by atoms with van der Waals surface area (Å²) >= 11 is 0. The van der Waals surface area contributed by atoms with Crippen molar-refractivity contribution in [2.24, 2.45) is 0 Å². The highest BCUT2D eigenvalue weighted by atomic mass is 16.4. The molecule has 78 valence electrons. The largest absolute Gasteiger partial charge is 0.478 e. The first-order chi connectivity index (χ1) is 7.00. The molecule has 0 spiro atoms. The fourth-order valence-electron chi connectivity index (χ4n) is 1.58. The molecule has 0 unspecified atom stereocenters. The predicted molar refractivity (Wildman–Crippen MR) is 52.0 cm³/mol. The van der Waals surface area contributed by atoms with E-state index in [0.717, 1.165) is 0 Å². The van der Waals surface area contributed by atoms with Gasteiger partial charge in [0.25, 0.3) is 5.78 Å². The molecular weight excluding hydrogens is 196 g/mol. The van der Waals surface area contributed by atoms with Crippen LogP contribution in [0.1, 0.15) is 27.6 Å². The van der Waals surface area contributed by atoms with Gasteiger partial charge in [0.1, 0.15) is 11.4 Å². The molecule has 0 aromatic carbocycles. The van der Waals surface area contributed by atoms with E-state index in [-0.39, 0.29) is 5.56 Å². The maximum atomic E-state index is 11.0. The third-order valence-electron chi connectivity index (χ3n) is 2.22. The fraction of sp³-hybridized carbons (Fsp3) is 0.333. The summed E-state index contributed by atoms with van der Waals surface area (Å²) in [5.74, 6) is 0.0209. The normalized spacial score (nSPS) is 10.9. The summed E-state index contributed by atoms with van der Waals surface area (Å²) in [7, 11) is 0. The number of carbonyl (C=O) groups is 1. The second-order valence-electron chi connectivity index (χ2n) is 3.33. The molecule has 2 rings (SSSR count). The van der Waals surface area contributed by atoms with E-state index < -0.39 is 5.97 Å². The van der Waals surface area contributed by atoms with Crippen LogP contribution < -0.4 is 0 Å². The average molecular weight is 206 g/mol. The Morgan fingerprint density at radius 3 is 2.53 bits per heavy atom. The topological polar surface area (TPSA) is 80.4 Å². The molecule has 0 radical (unpaired) electrons. The average Bonchev–Trinajstić information content (AvgIpc) is 2.45. The van der Waals surface area contributed by atoms with Crippen LogP contribution in [-0.2, 0) is 0 Å². The van der Waals surface area contributed by atoms with E-state index in [0.29, 0.717) is 23.0 Å². The zero-order chi connectivity index (χ0) is 11.2. The van der Waals surface area contributed by atoms with Crippen molar-refractivity contribution in [1.29, 1.82) is 0 Å². The molecule has 0 aliphatic carbocycles. The first-order valence-electron chi connectivity index (χ1n) is 4.44. The van der Waals surface area contributed by atoms with Gasteiger partial charge in [-0.3, -0.25) is 0 Å². The molecule has 0 saturated heterocycles. The number of fused-ring (bicyclic) bond motifs is 1. The monoisotopic (exact) mass is 206 g/mol. The lowest BCUT2D eigenvalue weighted by Crippen LogP contribution is -2.10. The quantitative estimate of drug-likeness (QED) is 0.744. The molecule has 15 heavy (non-hydrogen) atoms. The summed E-state index contributed by atoms with van der Waals surface area (Å²) in [6.45, 7) is 5.09. The van der Waals surface area contributed by atoms with Gasteiger partial charge in [-0.05, 0) is 20.8 Å². The second-order valence-corrected chi connectivity index (χ2v) is 3.33. The Hall–Kier alpha value is -1.98. The standard InChI is InChI=1S/C9H10N4O2/c1-4-7(8(14)15)5(2)13-9(10-4)11-6(3)12-13/h1-3H3,(H,14,15). The Morgan fingerprint density at radius 1 is 1.27 bits per heavy atom. The van der Waals surface area contributed by atoms with E-state index in [1.165, 1.54) is 4.52 Å². The van der Waals surface area contributed by atoms with Crippen molar-refractivity contribution in [3.05, 3.63) is 22.8 Å². The van der Waals surface area contributed by atoms with Gasteiger partial charge in [0, 0.05) is 0 Å². The van der Waals surface area contributed by atoms with Gasteiger partial charge in [-0.2, -0.15) is 10.1 Å². The van der Waals surface area contributed by atoms with Crippen molar-refractivity contribution in [3.8, 4) is 0 Å². The van der Waals surface area contributed by atoms with Crippen molar-refractivity contribution in [1.82, 2.24) is 19.6 Å². The highest BCUT2D eigenvalue weighted by molar-refractivity contribution is 5.90. The molecule has 0 saturated carbocycles. The van der Waals surface area contributed by atoms with E-state index in [2.05, 4.69) is 15.1 Å². The molecule has 0 amide bonds. The Kier molecular flexibility index (Phi) is 1.92. The number of aromatic nitrogens is 4. The molecule has 2 aromatic heterocycles. The lowest BCUT2D eigenvalue weighted by atomic mass is 10.2. The summed E-state index contributed by atoms with van der Waals surface area (Å²) in [4.78, 5) is 19.2. The lowest BCUT2D eigenvalue weighted by molar-refractivity contribution is 0.0694. The van der Waals surface area contributed by atoms with Gasteiger partial charge in [-0.25, -0.2) is 14.3 Å². The number of carboxylic acids is 1. The Labute approximate surface area is 85.6 Å². The first-order valence-corrected chi connectivity index (χ1v) is 4.44. The number of aromatic carboxylic acids is 1. The van der Waals surface area contributed by atoms with Crippen LogP contribution in [0.5, 0.6) is 0 Å². The molecule has 6 heteroatoms. The van der Waals surface area contributed by atoms with Gasteiger partial charge in [0.15, 0.2) is 0 Å². The number of nitrogens with zero attached hydrogens (tertiary/aromatic N) is 4. The van der Waals surface area contributed by atoms with Crippen molar-refractivity contribution in [2.75, 3.05) is 0 Å². The predicted octanol–water partition coefficient (Wildman–Crippen LogP) is 0.748. The fourth-order valence-corrected chi connectivity index (χ4v) is 1.58. The first kappa shape index (κ1) is 9.57. The Balaban J connectivity index is 2.89. The third kappa shape index (κ3) is 1.34. The van der Waals surface area contributed by atoms with Crippen LogP contribution in [0.3, 0.4) is 0 Å². The van der Waals surface area contributed by atoms with Gasteiger partial charge >= 0.3 is 5.97 Å². The van der Waals surface area contributed by atoms with Crippen LogP contribution in [0.2, 0.25) is 0 Å². The highest BCUT2D eigenvalue weighted by Gasteiger charge is 2.16. The molecule has 1 N–H and O–H groups in total. The van der Waals surface area contributed by atoms with E-state index in [9.17, 15) is 4.79 Å². The number of carboxylic acid groups (broad SMARTS) is 1. The van der Waals surface area contributed by atoms with E-state index in [1.807, 2.05) is 0 Å². The van der Waals surface area contributed by atoms with Gasteiger partial charge < -0.3 is 5.11 Å². The minimum atomic E-state index is -0.993. The van der Waals surface area contributed by atoms with Crippen LogP contribution >= 0.6 is 0 Å². The van der Waals surface area contributed by atoms with Crippen LogP contribution in [-0.4, -0.2) is 30.7 Å². The summed E-state index contributed by atoms with van der Waals surface area (Å²) in [6.07, 6.45) is 0. The molecule has 6 nitrogen and oxygen atoms in total. The van der Waals surface area contributed by atoms with Gasteiger partial charge in [0.2, 0.25) is 0 Å². The number of rotatable bonds is 1. The van der Waals surface area contributed by atoms with Gasteiger partial charge in [-0.1, -0.05) is 0 Å². The van der Waals surface area contributed by atoms with Gasteiger partial charge in [0.05, 0.1) is 11.4 Å². The Bertz CT molecular complexity index is 559. The summed E-state index contributed by atoms with van der Waals surface area (Å²) in [5.41, 5.74) is 1.19. The maximum Gasteiger partial charge on any atom is 0.339 e. The van der Waals surface area contributed by atoms with E-state index in [1.54, 1.807) is 20.8 Å². The molecule has 2 aromatic rings. The van der Waals surface area contributed by atoms with Crippen molar-refractivity contribution in [2.45, 2.75) is 20.8 Å². The van der Waals surface area contributed by atoms with Crippen LogP contribution in [0.15, 0.2) is 0 Å². The highest BCUT2D eigenvalue weighted by Crippen LogP contribution is 2.13. The van der Waals surface area contributed by atoms with Gasteiger partial charge in [-0.15, -0.1) is 0 Å². The molecule has 0 bridgehead atoms. The van der Waals surface area contributed by atoms with Crippen molar-refractivity contribution in [3.63, 3.8) is 0 Å². The summed E-state index contributed by atoms with van der Waals surface area (Å²) in [6, 6.07) is 0. The van der Waals surface area contributed by atoms with Crippen LogP contribution in [0.4, 0.5) is 0 Å². The van der Waals surface area contributed by atoms with Crippen molar-refractivity contribution < 1.29 is 9.90 Å². The molecule has 2 heterocycles. The minimum absolute atomic E-state index is 0.187. The second kappa shape index (κ2) is 3.01. The summed E-state index contributed by atoms with van der Waals surface area (Å²) < 4.78 is 1.45. The number of hydrogen-bond donors (Lipinski definition) is 1. The number of hydrogen-bond acceptors (Lipinski definition) is 4. The Morgan fingerprint density at radius 2 is 1.93 bits per heavy atom. The molecule has 0 atom stereocenters. The molecule has 0 aliphatic heterocycles. The minimum Gasteiger partial charge on any atom is -0.478 e. The van der Waals surface area contributed by atoms with Crippen LogP contribution in [0, 0.1) is 20.8 Å². The van der Waals surface area contributed by atoms with Crippen LogP contribution in [0.25, 0.3) is 5.78 Å². The SMILES string of the molecule is Cc1nc2nc(C)c(C(=O)O)c(C)n2n1. The smallest absolute Gasteiger partial charge is 0.339 e. The lowest BCUT2D eigenvalue weighted by Gasteiger charge is -2.05. The molecule has 0 fully saturated rings. The zero-order valence-corrected chi connectivity index (χ0v) is 8.64.